The summed E-state index contributed by atoms with van der Waals surface area (Å²) in [6.07, 6.45) is 0.988. The van der Waals surface area contributed by atoms with Crippen molar-refractivity contribution in [3.8, 4) is 0 Å². The Morgan fingerprint density at radius 3 is 2.13 bits per heavy atom. The Balaban J connectivity index is 0. The average Bonchev–Trinajstić information content (AvgIpc) is 2.23. The van der Waals surface area contributed by atoms with E-state index in [-0.39, 0.29) is 25.9 Å². The molecule has 0 saturated heterocycles. The zero-order valence-electron chi connectivity index (χ0n) is 10.5. The zero-order chi connectivity index (χ0) is 9.80. The molecule has 0 unspecified atom stereocenters. The topological polar surface area (TPSA) is 0 Å². The van der Waals surface area contributed by atoms with Gasteiger partial charge in [-0.3, -0.25) is 0 Å². The summed E-state index contributed by atoms with van der Waals surface area (Å²) < 4.78 is 1.18. The molecule has 0 nitrogen and oxygen atoms in total. The summed E-state index contributed by atoms with van der Waals surface area (Å²) in [6.45, 7) is 0. The molecule has 0 spiro atoms. The summed E-state index contributed by atoms with van der Waals surface area (Å²) in [4.78, 5) is 0. The monoisotopic (exact) mass is 272 g/mol. The number of halogens is 1. The van der Waals surface area contributed by atoms with E-state index >= 15 is 0 Å². The minimum absolute atomic E-state index is 0. The van der Waals surface area contributed by atoms with Gasteiger partial charge in [0.05, 0.1) is 0 Å². The zero-order valence-corrected chi connectivity index (χ0v) is 11.5. The van der Waals surface area contributed by atoms with E-state index in [0.717, 1.165) is 6.42 Å². The minimum atomic E-state index is 0. The van der Waals surface area contributed by atoms with Crippen molar-refractivity contribution in [2.24, 2.45) is 0 Å². The molecule has 0 aliphatic rings. The second-order valence-corrected chi connectivity index (χ2v) is 4.11. The number of hydrogen-bond acceptors (Lipinski definition) is 0. The number of hydrogen-bond donors (Lipinski definition) is 0. The predicted molar refractivity (Wildman–Crippen MR) is 71.4 cm³/mol. The first kappa shape index (κ1) is 12.8. The van der Waals surface area contributed by atoms with Crippen molar-refractivity contribution in [2.75, 3.05) is 0 Å². The van der Waals surface area contributed by atoms with Crippen LogP contribution in [0.1, 0.15) is 14.0 Å². The van der Waals surface area contributed by atoms with Crippen LogP contribution in [0.4, 0.5) is 0 Å². The van der Waals surface area contributed by atoms with Crippen LogP contribution in [-0.4, -0.2) is 23.1 Å². The molecule has 0 aliphatic heterocycles. The van der Waals surface area contributed by atoms with E-state index in [9.17, 15) is 0 Å². The maximum absolute atomic E-state index is 3.55. The molecule has 15 heavy (non-hydrogen) atoms. The fourth-order valence-corrected chi connectivity index (χ4v) is 1.88. The molecule has 0 radical (unpaired) electrons. The fraction of sp³-hybridized carbons (Fsp3) is 0.0769. The van der Waals surface area contributed by atoms with E-state index in [2.05, 4.69) is 58.4 Å². The average molecular weight is 273 g/mol. The van der Waals surface area contributed by atoms with Crippen LogP contribution in [0.2, 0.25) is 0 Å². The molecule has 2 aromatic carbocycles. The third-order valence-electron chi connectivity index (χ3n) is 2.20. The van der Waals surface area contributed by atoms with Gasteiger partial charge in [-0.1, -0.05) is 64.5 Å². The van der Waals surface area contributed by atoms with Crippen molar-refractivity contribution in [2.45, 2.75) is 6.42 Å². The molecule has 0 amide bonds. The summed E-state index contributed by atoms with van der Waals surface area (Å²) in [7, 11) is 0. The summed E-state index contributed by atoms with van der Waals surface area (Å²) in [5, 5.41) is 0. The van der Waals surface area contributed by atoms with Crippen molar-refractivity contribution in [3.63, 3.8) is 0 Å². The minimum Gasteiger partial charge on any atom is -1.00 e. The van der Waals surface area contributed by atoms with Gasteiger partial charge in [0.2, 0.25) is 0 Å². The van der Waals surface area contributed by atoms with Crippen LogP contribution in [0.5, 0.6) is 0 Å². The second-order valence-electron chi connectivity index (χ2n) is 3.25. The molecular weight excluding hydrogens is 260 g/mol. The Morgan fingerprint density at radius 2 is 1.47 bits per heavy atom. The van der Waals surface area contributed by atoms with Crippen molar-refractivity contribution in [3.05, 3.63) is 70.2 Å². The molecular formula is C13H13BrMg. The van der Waals surface area contributed by atoms with E-state index in [1.54, 1.807) is 0 Å². The van der Waals surface area contributed by atoms with Crippen molar-refractivity contribution in [1.29, 1.82) is 0 Å². The number of benzene rings is 2. The van der Waals surface area contributed by atoms with E-state index in [0.29, 0.717) is 0 Å². The Bertz CT molecular complexity index is 421. The SMILES string of the molecule is Brc1ccccc1Cc1ccccc1.[H-].[H-].[Mg+2]. The Hall–Kier alpha value is -0.314. The quantitative estimate of drug-likeness (QED) is 0.728. The van der Waals surface area contributed by atoms with Gasteiger partial charge in [-0.25, -0.2) is 0 Å². The maximum atomic E-state index is 3.55. The Morgan fingerprint density at radius 1 is 0.867 bits per heavy atom. The van der Waals surface area contributed by atoms with Gasteiger partial charge in [-0.05, 0) is 23.6 Å². The van der Waals surface area contributed by atoms with Gasteiger partial charge in [-0.15, -0.1) is 0 Å². The van der Waals surface area contributed by atoms with Crippen LogP contribution in [0.3, 0.4) is 0 Å². The predicted octanol–water partition coefficient (Wildman–Crippen LogP) is 3.88. The van der Waals surface area contributed by atoms with Crippen molar-refractivity contribution in [1.82, 2.24) is 0 Å². The van der Waals surface area contributed by atoms with Crippen LogP contribution in [-0.2, 0) is 6.42 Å². The molecule has 0 aliphatic carbocycles. The standard InChI is InChI=1S/C13H11Br.Mg.2H/c14-13-9-5-4-8-12(13)10-11-6-2-1-3-7-11;;;/h1-9H,10H2;;;/q;+2;2*-1. The molecule has 0 heterocycles. The summed E-state index contributed by atoms with van der Waals surface area (Å²) in [5.74, 6) is 0. The van der Waals surface area contributed by atoms with Gasteiger partial charge in [0.1, 0.15) is 0 Å². The third-order valence-corrected chi connectivity index (χ3v) is 2.97. The van der Waals surface area contributed by atoms with Crippen LogP contribution in [0.25, 0.3) is 0 Å². The summed E-state index contributed by atoms with van der Waals surface area (Å²) in [6, 6.07) is 18.8. The molecule has 74 valence electrons. The fourth-order valence-electron chi connectivity index (χ4n) is 1.46. The molecule has 2 aromatic rings. The Kier molecular flexibility index (Phi) is 5.36. The van der Waals surface area contributed by atoms with E-state index in [4.69, 9.17) is 0 Å². The molecule has 0 bridgehead atoms. The largest absolute Gasteiger partial charge is 2.00 e. The van der Waals surface area contributed by atoms with Crippen molar-refractivity contribution < 1.29 is 2.85 Å². The van der Waals surface area contributed by atoms with Gasteiger partial charge in [0.25, 0.3) is 0 Å². The van der Waals surface area contributed by atoms with Gasteiger partial charge < -0.3 is 2.85 Å². The van der Waals surface area contributed by atoms with E-state index in [1.165, 1.54) is 15.6 Å². The van der Waals surface area contributed by atoms with Gasteiger partial charge in [-0.2, -0.15) is 0 Å². The normalized spacial score (nSPS) is 9.40. The molecule has 2 rings (SSSR count). The first-order valence-electron chi connectivity index (χ1n) is 4.63. The van der Waals surface area contributed by atoms with Crippen molar-refractivity contribution >= 4 is 39.0 Å². The van der Waals surface area contributed by atoms with Crippen LogP contribution in [0, 0.1) is 0 Å². The van der Waals surface area contributed by atoms with Crippen LogP contribution >= 0.6 is 15.9 Å². The van der Waals surface area contributed by atoms with Gasteiger partial charge in [0, 0.05) is 4.47 Å². The van der Waals surface area contributed by atoms with Crippen LogP contribution < -0.4 is 0 Å². The summed E-state index contributed by atoms with van der Waals surface area (Å²) >= 11 is 3.55. The Labute approximate surface area is 118 Å². The molecule has 2 heteroatoms. The summed E-state index contributed by atoms with van der Waals surface area (Å²) in [5.41, 5.74) is 2.68. The van der Waals surface area contributed by atoms with E-state index < -0.39 is 0 Å². The number of rotatable bonds is 2. The first-order valence-corrected chi connectivity index (χ1v) is 5.43. The van der Waals surface area contributed by atoms with Crippen LogP contribution in [0.15, 0.2) is 59.1 Å². The molecule has 0 N–H and O–H groups in total. The van der Waals surface area contributed by atoms with Gasteiger partial charge >= 0.3 is 23.1 Å². The van der Waals surface area contributed by atoms with Gasteiger partial charge in [0.15, 0.2) is 0 Å². The third kappa shape index (κ3) is 3.63. The first-order chi connectivity index (χ1) is 6.86. The molecule has 0 atom stereocenters. The van der Waals surface area contributed by atoms with E-state index in [1.807, 2.05) is 12.1 Å². The molecule has 0 aromatic heterocycles. The molecule has 0 fully saturated rings. The maximum Gasteiger partial charge on any atom is 2.00 e. The molecule has 0 saturated carbocycles. The second kappa shape index (κ2) is 6.31. The smallest absolute Gasteiger partial charge is 1.00 e.